The van der Waals surface area contributed by atoms with Crippen LogP contribution in [0.2, 0.25) is 0 Å². The van der Waals surface area contributed by atoms with Crippen LogP contribution in [0.5, 0.6) is 11.5 Å². The van der Waals surface area contributed by atoms with Gasteiger partial charge in [0.15, 0.2) is 11.5 Å². The number of para-hydroxylation sites is 2. The van der Waals surface area contributed by atoms with Crippen LogP contribution >= 0.6 is 0 Å². The molecule has 2 aromatic carbocycles. The van der Waals surface area contributed by atoms with Crippen molar-refractivity contribution >= 4 is 23.2 Å². The van der Waals surface area contributed by atoms with Gasteiger partial charge in [0, 0.05) is 50.6 Å². The van der Waals surface area contributed by atoms with Gasteiger partial charge in [0.1, 0.15) is 6.61 Å². The minimum atomic E-state index is -0.627. The van der Waals surface area contributed by atoms with E-state index in [1.54, 1.807) is 4.90 Å². The molecule has 0 bridgehead atoms. The summed E-state index contributed by atoms with van der Waals surface area (Å²) in [4.78, 5) is 31.7. The van der Waals surface area contributed by atoms with Gasteiger partial charge in [0.05, 0.1) is 6.54 Å². The van der Waals surface area contributed by atoms with Crippen LogP contribution in [0.25, 0.3) is 0 Å². The van der Waals surface area contributed by atoms with Crippen molar-refractivity contribution in [3.8, 4) is 11.5 Å². The fourth-order valence-corrected chi connectivity index (χ4v) is 4.78. The highest BCUT2D eigenvalue weighted by Gasteiger charge is 2.32. The van der Waals surface area contributed by atoms with Crippen molar-refractivity contribution in [1.82, 2.24) is 9.80 Å². The van der Waals surface area contributed by atoms with Gasteiger partial charge in [-0.3, -0.25) is 14.5 Å². The SMILES string of the molecule is O=C(CN1CCN(C(=O)C2COc3ccccc3O2)CC1)Nc1ccc(N2CCCCC2)cc1. The third kappa shape index (κ3) is 5.28. The number of piperidine rings is 1. The molecule has 0 spiro atoms. The third-order valence-electron chi connectivity index (χ3n) is 6.71. The Bertz CT molecular complexity index is 998. The number of benzene rings is 2. The molecule has 2 saturated heterocycles. The number of piperazine rings is 1. The zero-order valence-electron chi connectivity index (χ0n) is 19.4. The van der Waals surface area contributed by atoms with Crippen LogP contribution in [0, 0.1) is 0 Å². The van der Waals surface area contributed by atoms with Crippen LogP contribution in [-0.4, -0.2) is 80.1 Å². The van der Waals surface area contributed by atoms with Crippen LogP contribution in [-0.2, 0) is 9.59 Å². The maximum atomic E-state index is 12.9. The van der Waals surface area contributed by atoms with Gasteiger partial charge in [0.2, 0.25) is 12.0 Å². The maximum Gasteiger partial charge on any atom is 0.267 e. The normalized spacial score (nSPS) is 20.6. The summed E-state index contributed by atoms with van der Waals surface area (Å²) < 4.78 is 11.5. The third-order valence-corrected chi connectivity index (χ3v) is 6.71. The standard InChI is InChI=1S/C26H32N4O4/c31-25(27-20-8-10-21(11-9-20)29-12-4-1-5-13-29)18-28-14-16-30(17-15-28)26(32)24-19-33-22-6-2-3-7-23(22)34-24/h2-3,6-11,24H,1,4-5,12-19H2,(H,27,31). The summed E-state index contributed by atoms with van der Waals surface area (Å²) in [6, 6.07) is 15.5. The first-order chi connectivity index (χ1) is 16.7. The van der Waals surface area contributed by atoms with E-state index in [4.69, 9.17) is 9.47 Å². The zero-order chi connectivity index (χ0) is 23.3. The Morgan fingerprint density at radius 1 is 0.853 bits per heavy atom. The zero-order valence-corrected chi connectivity index (χ0v) is 19.4. The van der Waals surface area contributed by atoms with Crippen LogP contribution in [0.1, 0.15) is 19.3 Å². The highest BCUT2D eigenvalue weighted by molar-refractivity contribution is 5.92. The lowest BCUT2D eigenvalue weighted by Gasteiger charge is -2.36. The van der Waals surface area contributed by atoms with Crippen molar-refractivity contribution in [2.24, 2.45) is 0 Å². The molecule has 1 N–H and O–H groups in total. The summed E-state index contributed by atoms with van der Waals surface area (Å²) in [6.07, 6.45) is 3.17. The first-order valence-electron chi connectivity index (χ1n) is 12.2. The summed E-state index contributed by atoms with van der Waals surface area (Å²) in [7, 11) is 0. The van der Waals surface area contributed by atoms with E-state index < -0.39 is 6.10 Å². The second-order valence-electron chi connectivity index (χ2n) is 9.11. The molecule has 2 amide bonds. The number of fused-ring (bicyclic) bond motifs is 1. The quantitative estimate of drug-likeness (QED) is 0.733. The number of hydrogen-bond donors (Lipinski definition) is 1. The van der Waals surface area contributed by atoms with Crippen molar-refractivity contribution in [1.29, 1.82) is 0 Å². The van der Waals surface area contributed by atoms with Crippen LogP contribution < -0.4 is 19.7 Å². The Labute approximate surface area is 200 Å². The monoisotopic (exact) mass is 464 g/mol. The Balaban J connectivity index is 1.06. The molecule has 180 valence electrons. The molecule has 2 aromatic rings. The Morgan fingerprint density at radius 2 is 1.56 bits per heavy atom. The molecule has 34 heavy (non-hydrogen) atoms. The van der Waals surface area contributed by atoms with Gasteiger partial charge in [-0.15, -0.1) is 0 Å². The number of nitrogens with zero attached hydrogens (tertiary/aromatic N) is 3. The Kier molecular flexibility index (Phi) is 6.85. The minimum absolute atomic E-state index is 0.0360. The van der Waals surface area contributed by atoms with Crippen molar-refractivity contribution < 1.29 is 19.1 Å². The average Bonchev–Trinajstić information content (AvgIpc) is 2.89. The van der Waals surface area contributed by atoms with E-state index in [1.807, 2.05) is 36.4 Å². The van der Waals surface area contributed by atoms with Gasteiger partial charge in [-0.25, -0.2) is 0 Å². The van der Waals surface area contributed by atoms with Crippen LogP contribution in [0.15, 0.2) is 48.5 Å². The molecule has 3 aliphatic heterocycles. The predicted molar refractivity (Wildman–Crippen MR) is 131 cm³/mol. The Morgan fingerprint density at radius 3 is 2.29 bits per heavy atom. The predicted octanol–water partition coefficient (Wildman–Crippen LogP) is 2.60. The molecule has 0 aromatic heterocycles. The number of rotatable bonds is 5. The molecule has 8 heteroatoms. The molecule has 1 unspecified atom stereocenters. The second-order valence-corrected chi connectivity index (χ2v) is 9.11. The minimum Gasteiger partial charge on any atom is -0.485 e. The number of ether oxygens (including phenoxy) is 2. The molecular formula is C26H32N4O4. The summed E-state index contributed by atoms with van der Waals surface area (Å²) in [5.41, 5.74) is 2.03. The van der Waals surface area contributed by atoms with E-state index in [0.717, 1.165) is 18.8 Å². The van der Waals surface area contributed by atoms with E-state index in [1.165, 1.54) is 24.9 Å². The van der Waals surface area contributed by atoms with Gasteiger partial charge in [-0.2, -0.15) is 0 Å². The highest BCUT2D eigenvalue weighted by atomic mass is 16.6. The molecule has 1 atom stereocenters. The van der Waals surface area contributed by atoms with Crippen LogP contribution in [0.4, 0.5) is 11.4 Å². The van der Waals surface area contributed by atoms with Gasteiger partial charge in [-0.1, -0.05) is 12.1 Å². The maximum absolute atomic E-state index is 12.9. The molecule has 3 aliphatic rings. The van der Waals surface area contributed by atoms with E-state index in [0.29, 0.717) is 44.2 Å². The number of carbonyl (C=O) groups excluding carboxylic acids is 2. The molecule has 8 nitrogen and oxygen atoms in total. The van der Waals surface area contributed by atoms with E-state index in [9.17, 15) is 9.59 Å². The summed E-state index contributed by atoms with van der Waals surface area (Å²) in [5, 5.41) is 3.00. The topological polar surface area (TPSA) is 74.4 Å². The summed E-state index contributed by atoms with van der Waals surface area (Å²) >= 11 is 0. The molecule has 0 saturated carbocycles. The molecular weight excluding hydrogens is 432 g/mol. The first kappa shape index (κ1) is 22.5. The fraction of sp³-hybridized carbons (Fsp3) is 0.462. The van der Waals surface area contributed by atoms with Crippen molar-refractivity contribution in [3.05, 3.63) is 48.5 Å². The molecule has 0 aliphatic carbocycles. The smallest absolute Gasteiger partial charge is 0.267 e. The molecule has 2 fully saturated rings. The number of hydrogen-bond acceptors (Lipinski definition) is 6. The lowest BCUT2D eigenvalue weighted by Crippen LogP contribution is -2.54. The largest absolute Gasteiger partial charge is 0.485 e. The van der Waals surface area contributed by atoms with Crippen LogP contribution in [0.3, 0.4) is 0 Å². The fourth-order valence-electron chi connectivity index (χ4n) is 4.78. The highest BCUT2D eigenvalue weighted by Crippen LogP contribution is 2.31. The lowest BCUT2D eigenvalue weighted by atomic mass is 10.1. The average molecular weight is 465 g/mol. The molecule has 5 rings (SSSR count). The number of amides is 2. The Hall–Kier alpha value is -3.26. The molecule has 0 radical (unpaired) electrons. The van der Waals surface area contributed by atoms with E-state index in [2.05, 4.69) is 27.2 Å². The first-order valence-corrected chi connectivity index (χ1v) is 12.2. The van der Waals surface area contributed by atoms with Gasteiger partial charge >= 0.3 is 0 Å². The van der Waals surface area contributed by atoms with Crippen molar-refractivity contribution in [2.75, 3.05) is 62.6 Å². The molecule has 3 heterocycles. The van der Waals surface area contributed by atoms with Gasteiger partial charge in [-0.05, 0) is 55.7 Å². The number of nitrogens with one attached hydrogen (secondary N) is 1. The van der Waals surface area contributed by atoms with Gasteiger partial charge < -0.3 is 24.6 Å². The van der Waals surface area contributed by atoms with E-state index >= 15 is 0 Å². The number of anilines is 2. The second kappa shape index (κ2) is 10.3. The number of carbonyl (C=O) groups is 2. The van der Waals surface area contributed by atoms with Crippen molar-refractivity contribution in [2.45, 2.75) is 25.4 Å². The van der Waals surface area contributed by atoms with E-state index in [-0.39, 0.29) is 18.4 Å². The summed E-state index contributed by atoms with van der Waals surface area (Å²) in [5.74, 6) is 1.17. The summed E-state index contributed by atoms with van der Waals surface area (Å²) in [6.45, 7) is 5.17. The lowest BCUT2D eigenvalue weighted by molar-refractivity contribution is -0.143. The van der Waals surface area contributed by atoms with Gasteiger partial charge in [0.25, 0.3) is 5.91 Å². The van der Waals surface area contributed by atoms with Crippen molar-refractivity contribution in [3.63, 3.8) is 0 Å².